The first-order valence-electron chi connectivity index (χ1n) is 6.22. The lowest BCUT2D eigenvalue weighted by molar-refractivity contribution is -0.154. The summed E-state index contributed by atoms with van der Waals surface area (Å²) in [6.45, 7) is 4.11. The summed E-state index contributed by atoms with van der Waals surface area (Å²) in [6.07, 6.45) is 6.69. The van der Waals surface area contributed by atoms with Crippen LogP contribution in [0.1, 0.15) is 44.9 Å². The minimum atomic E-state index is -0.823. The van der Waals surface area contributed by atoms with Crippen LogP contribution in [-0.4, -0.2) is 23.5 Å². The van der Waals surface area contributed by atoms with Crippen molar-refractivity contribution in [3.63, 3.8) is 0 Å². The predicted octanol–water partition coefficient (Wildman–Crippen LogP) is 2.10. The highest BCUT2D eigenvalue weighted by Crippen LogP contribution is 2.39. The van der Waals surface area contributed by atoms with Crippen LogP contribution in [-0.2, 0) is 9.59 Å². The highest BCUT2D eigenvalue weighted by molar-refractivity contribution is 5.85. The standard InChI is InChI=1S/C13H21NO3/c1-2-3-9-14-11(15)10-13(12(16)17)7-5-4-6-8-13/h2H,1,3-10H2,(H,14,15)(H,16,17). The molecule has 1 saturated carbocycles. The fraction of sp³-hybridized carbons (Fsp3) is 0.692. The quantitative estimate of drug-likeness (QED) is 0.551. The molecule has 1 rings (SSSR count). The Labute approximate surface area is 102 Å². The molecule has 17 heavy (non-hydrogen) atoms. The lowest BCUT2D eigenvalue weighted by Crippen LogP contribution is -2.39. The van der Waals surface area contributed by atoms with Crippen LogP contribution in [0.25, 0.3) is 0 Å². The van der Waals surface area contributed by atoms with Crippen LogP contribution in [0.3, 0.4) is 0 Å². The summed E-state index contributed by atoms with van der Waals surface area (Å²) in [5, 5.41) is 12.1. The number of carboxylic acids is 1. The van der Waals surface area contributed by atoms with Gasteiger partial charge in [-0.25, -0.2) is 0 Å². The largest absolute Gasteiger partial charge is 0.481 e. The molecular weight excluding hydrogens is 218 g/mol. The van der Waals surface area contributed by atoms with Gasteiger partial charge in [-0.1, -0.05) is 25.3 Å². The maximum atomic E-state index is 11.7. The third-order valence-corrected chi connectivity index (χ3v) is 3.43. The van der Waals surface area contributed by atoms with Crippen molar-refractivity contribution >= 4 is 11.9 Å². The van der Waals surface area contributed by atoms with Gasteiger partial charge in [-0.3, -0.25) is 9.59 Å². The number of hydrogen-bond donors (Lipinski definition) is 2. The lowest BCUT2D eigenvalue weighted by Gasteiger charge is -2.32. The molecule has 1 aliphatic carbocycles. The zero-order valence-electron chi connectivity index (χ0n) is 10.2. The van der Waals surface area contributed by atoms with E-state index in [-0.39, 0.29) is 12.3 Å². The molecule has 1 amide bonds. The normalized spacial score (nSPS) is 18.4. The molecule has 4 nitrogen and oxygen atoms in total. The Morgan fingerprint density at radius 2 is 1.94 bits per heavy atom. The van der Waals surface area contributed by atoms with Gasteiger partial charge in [0.2, 0.25) is 5.91 Å². The zero-order valence-corrected chi connectivity index (χ0v) is 10.2. The van der Waals surface area contributed by atoms with E-state index < -0.39 is 11.4 Å². The molecule has 0 aromatic rings. The first-order chi connectivity index (χ1) is 8.10. The fourth-order valence-corrected chi connectivity index (χ4v) is 2.38. The second-order valence-electron chi connectivity index (χ2n) is 4.75. The average molecular weight is 239 g/mol. The molecule has 0 aromatic carbocycles. The molecule has 0 unspecified atom stereocenters. The second-order valence-corrected chi connectivity index (χ2v) is 4.75. The number of carboxylic acid groups (broad SMARTS) is 1. The highest BCUT2D eigenvalue weighted by atomic mass is 16.4. The Morgan fingerprint density at radius 3 is 2.47 bits per heavy atom. The number of carbonyl (C=O) groups is 2. The number of rotatable bonds is 6. The van der Waals surface area contributed by atoms with Crippen molar-refractivity contribution in [1.82, 2.24) is 5.32 Å². The average Bonchev–Trinajstić information content (AvgIpc) is 2.30. The van der Waals surface area contributed by atoms with Gasteiger partial charge in [0, 0.05) is 13.0 Å². The summed E-state index contributed by atoms with van der Waals surface area (Å²) in [6, 6.07) is 0. The number of carbonyl (C=O) groups excluding carboxylic acids is 1. The van der Waals surface area contributed by atoms with Gasteiger partial charge in [-0.15, -0.1) is 6.58 Å². The van der Waals surface area contributed by atoms with Gasteiger partial charge in [0.05, 0.1) is 5.41 Å². The Balaban J connectivity index is 2.51. The molecule has 0 spiro atoms. The maximum absolute atomic E-state index is 11.7. The van der Waals surface area contributed by atoms with Crippen molar-refractivity contribution in [1.29, 1.82) is 0 Å². The predicted molar refractivity (Wildman–Crippen MR) is 65.6 cm³/mol. The van der Waals surface area contributed by atoms with E-state index in [1.165, 1.54) is 0 Å². The van der Waals surface area contributed by atoms with Crippen LogP contribution in [0.4, 0.5) is 0 Å². The summed E-state index contributed by atoms with van der Waals surface area (Å²) in [4.78, 5) is 23.0. The molecule has 0 heterocycles. The Hall–Kier alpha value is -1.32. The molecule has 0 saturated heterocycles. The smallest absolute Gasteiger partial charge is 0.310 e. The van der Waals surface area contributed by atoms with Crippen LogP contribution in [0.2, 0.25) is 0 Å². The van der Waals surface area contributed by atoms with E-state index in [1.54, 1.807) is 6.08 Å². The topological polar surface area (TPSA) is 66.4 Å². The van der Waals surface area contributed by atoms with Crippen molar-refractivity contribution in [3.05, 3.63) is 12.7 Å². The van der Waals surface area contributed by atoms with Crippen molar-refractivity contribution in [2.75, 3.05) is 6.54 Å². The number of nitrogens with one attached hydrogen (secondary N) is 1. The van der Waals surface area contributed by atoms with Crippen LogP contribution >= 0.6 is 0 Å². The van der Waals surface area contributed by atoms with Crippen molar-refractivity contribution in [2.45, 2.75) is 44.9 Å². The van der Waals surface area contributed by atoms with E-state index in [2.05, 4.69) is 11.9 Å². The molecule has 0 atom stereocenters. The summed E-state index contributed by atoms with van der Waals surface area (Å²) in [5.74, 6) is -0.979. The van der Waals surface area contributed by atoms with E-state index in [0.717, 1.165) is 19.3 Å². The first-order valence-corrected chi connectivity index (χ1v) is 6.22. The van der Waals surface area contributed by atoms with Gasteiger partial charge in [0.15, 0.2) is 0 Å². The monoisotopic (exact) mass is 239 g/mol. The summed E-state index contributed by atoms with van der Waals surface area (Å²) >= 11 is 0. The Bertz CT molecular complexity index is 293. The Morgan fingerprint density at radius 1 is 1.29 bits per heavy atom. The minimum Gasteiger partial charge on any atom is -0.481 e. The van der Waals surface area contributed by atoms with Gasteiger partial charge in [0.1, 0.15) is 0 Å². The molecule has 4 heteroatoms. The molecule has 0 aromatic heterocycles. The first kappa shape index (κ1) is 13.7. The Kier molecular flexibility index (Phi) is 5.19. The molecule has 2 N–H and O–H groups in total. The molecule has 1 aliphatic rings. The van der Waals surface area contributed by atoms with E-state index in [1.807, 2.05) is 0 Å². The van der Waals surface area contributed by atoms with Crippen molar-refractivity contribution in [3.8, 4) is 0 Å². The van der Waals surface area contributed by atoms with E-state index >= 15 is 0 Å². The zero-order chi connectivity index (χ0) is 12.7. The van der Waals surface area contributed by atoms with Gasteiger partial charge >= 0.3 is 5.97 Å². The number of amides is 1. The van der Waals surface area contributed by atoms with Gasteiger partial charge < -0.3 is 10.4 Å². The third kappa shape index (κ3) is 3.88. The third-order valence-electron chi connectivity index (χ3n) is 3.43. The summed E-state index contributed by atoms with van der Waals surface area (Å²) in [7, 11) is 0. The highest BCUT2D eigenvalue weighted by Gasteiger charge is 2.41. The van der Waals surface area contributed by atoms with Gasteiger partial charge in [-0.2, -0.15) is 0 Å². The molecule has 96 valence electrons. The minimum absolute atomic E-state index is 0.111. The van der Waals surface area contributed by atoms with E-state index in [9.17, 15) is 14.7 Å². The summed E-state index contributed by atoms with van der Waals surface area (Å²) < 4.78 is 0. The molecule has 0 bridgehead atoms. The van der Waals surface area contributed by atoms with Crippen LogP contribution in [0, 0.1) is 5.41 Å². The van der Waals surface area contributed by atoms with Crippen molar-refractivity contribution < 1.29 is 14.7 Å². The van der Waals surface area contributed by atoms with E-state index in [0.29, 0.717) is 25.8 Å². The fourth-order valence-electron chi connectivity index (χ4n) is 2.38. The number of aliphatic carboxylic acids is 1. The van der Waals surface area contributed by atoms with Crippen LogP contribution in [0.5, 0.6) is 0 Å². The molecule has 0 aliphatic heterocycles. The lowest BCUT2D eigenvalue weighted by atomic mass is 9.71. The number of hydrogen-bond acceptors (Lipinski definition) is 2. The van der Waals surface area contributed by atoms with Gasteiger partial charge in [-0.05, 0) is 19.3 Å². The molecular formula is C13H21NO3. The molecule has 1 fully saturated rings. The van der Waals surface area contributed by atoms with Gasteiger partial charge in [0.25, 0.3) is 0 Å². The second kappa shape index (κ2) is 6.42. The maximum Gasteiger partial charge on any atom is 0.310 e. The van der Waals surface area contributed by atoms with E-state index in [4.69, 9.17) is 0 Å². The SMILES string of the molecule is C=CCCNC(=O)CC1(C(=O)O)CCCCC1. The molecule has 0 radical (unpaired) electrons. The van der Waals surface area contributed by atoms with Crippen LogP contribution in [0.15, 0.2) is 12.7 Å². The van der Waals surface area contributed by atoms with Crippen LogP contribution < -0.4 is 5.32 Å². The summed E-state index contributed by atoms with van der Waals surface area (Å²) in [5.41, 5.74) is -0.823. The van der Waals surface area contributed by atoms with Crippen molar-refractivity contribution in [2.24, 2.45) is 5.41 Å².